The molecule has 1 amide bonds. The van der Waals surface area contributed by atoms with Gasteiger partial charge in [0.1, 0.15) is 0 Å². The zero-order valence-corrected chi connectivity index (χ0v) is 22.3. The molecule has 0 aliphatic carbocycles. The summed E-state index contributed by atoms with van der Waals surface area (Å²) in [5, 5.41) is 11.3. The molecule has 0 aromatic heterocycles. The number of benzene rings is 1. The maximum absolute atomic E-state index is 13.3. The fourth-order valence-electron chi connectivity index (χ4n) is 4.00. The van der Waals surface area contributed by atoms with Crippen molar-refractivity contribution in [2.45, 2.75) is 102 Å². The molecule has 0 bridgehead atoms. The van der Waals surface area contributed by atoms with Gasteiger partial charge in [-0.1, -0.05) is 64.4 Å². The molecule has 0 saturated carbocycles. The van der Waals surface area contributed by atoms with Gasteiger partial charge in [-0.05, 0) is 25.0 Å². The summed E-state index contributed by atoms with van der Waals surface area (Å²) in [4.78, 5) is 48.2. The molecular formula is C27H35F6NO6. The molecule has 13 heteroatoms. The highest BCUT2D eigenvalue weighted by molar-refractivity contribution is 5.96. The van der Waals surface area contributed by atoms with Crippen LogP contribution in [-0.2, 0) is 31.5 Å². The number of ketones is 1. The van der Waals surface area contributed by atoms with E-state index in [2.05, 4.69) is 17.0 Å². The van der Waals surface area contributed by atoms with Gasteiger partial charge in [-0.2, -0.15) is 26.3 Å². The molecule has 0 spiro atoms. The Kier molecular flexibility index (Phi) is 14.7. The highest BCUT2D eigenvalue weighted by Crippen LogP contribution is 2.39. The van der Waals surface area contributed by atoms with Gasteiger partial charge in [-0.25, -0.2) is 4.79 Å². The van der Waals surface area contributed by atoms with Crippen molar-refractivity contribution in [3.05, 3.63) is 34.9 Å². The van der Waals surface area contributed by atoms with Crippen LogP contribution >= 0.6 is 0 Å². The summed E-state index contributed by atoms with van der Waals surface area (Å²) >= 11 is 0. The molecule has 0 unspecified atom stereocenters. The zero-order valence-electron chi connectivity index (χ0n) is 22.3. The third kappa shape index (κ3) is 12.8. The normalized spacial score (nSPS) is 12.6. The Hall–Kier alpha value is -3.12. The molecule has 0 aliphatic rings. The molecule has 0 heterocycles. The Bertz CT molecular complexity index is 960. The minimum atomic E-state index is -5.33. The average molecular weight is 584 g/mol. The molecule has 40 heavy (non-hydrogen) atoms. The monoisotopic (exact) mass is 583 g/mol. The number of nitrogens with one attached hydrogen (secondary N) is 1. The third-order valence-corrected chi connectivity index (χ3v) is 6.10. The lowest BCUT2D eigenvalue weighted by Crippen LogP contribution is -2.43. The van der Waals surface area contributed by atoms with Gasteiger partial charge >= 0.3 is 24.3 Å². The summed E-state index contributed by atoms with van der Waals surface area (Å²) in [7, 11) is 0. The van der Waals surface area contributed by atoms with E-state index in [4.69, 9.17) is 5.11 Å². The molecular weight excluding hydrogens is 548 g/mol. The van der Waals surface area contributed by atoms with Crippen molar-refractivity contribution in [1.29, 1.82) is 0 Å². The average Bonchev–Trinajstić information content (AvgIpc) is 2.86. The van der Waals surface area contributed by atoms with Gasteiger partial charge in [0.2, 0.25) is 5.91 Å². The second-order valence-electron chi connectivity index (χ2n) is 9.40. The van der Waals surface area contributed by atoms with Crippen molar-refractivity contribution in [1.82, 2.24) is 5.32 Å². The van der Waals surface area contributed by atoms with E-state index in [-0.39, 0.29) is 18.6 Å². The molecule has 1 aromatic rings. The largest absolute Gasteiger partial charge is 0.481 e. The lowest BCUT2D eigenvalue weighted by molar-refractivity contribution is -0.144. The van der Waals surface area contributed by atoms with Gasteiger partial charge in [0.05, 0.1) is 22.7 Å². The molecule has 0 radical (unpaired) electrons. The van der Waals surface area contributed by atoms with Gasteiger partial charge in [0.25, 0.3) is 0 Å². The van der Waals surface area contributed by atoms with Gasteiger partial charge in [-0.3, -0.25) is 14.4 Å². The SMILES string of the molecule is CCCCCCCCCCCC(=O)N[C@@H](CCC(=O)O)C(=O)COC(=O)c1c(C(F)(F)F)cccc1C(F)(F)F. The van der Waals surface area contributed by atoms with Crippen LogP contribution in [0, 0.1) is 0 Å². The first kappa shape index (κ1) is 34.9. The standard InChI is InChI=1S/C27H35F6NO6/c1-2-3-4-5-6-7-8-9-10-14-22(36)34-20(15-16-23(37)38)21(35)17-40-25(39)24-18(26(28,29)30)12-11-13-19(24)27(31,32)33/h11-13,20H,2-10,14-17H2,1H3,(H,34,36)(H,37,38)/t20-/m0/s1. The first-order chi connectivity index (χ1) is 18.7. The van der Waals surface area contributed by atoms with Crippen LogP contribution < -0.4 is 5.32 Å². The van der Waals surface area contributed by atoms with Gasteiger partial charge < -0.3 is 15.2 Å². The van der Waals surface area contributed by atoms with Crippen molar-refractivity contribution in [2.24, 2.45) is 0 Å². The maximum atomic E-state index is 13.3. The Morgan fingerprint density at radius 3 is 1.80 bits per heavy atom. The highest BCUT2D eigenvalue weighted by Gasteiger charge is 2.43. The number of carbonyl (C=O) groups excluding carboxylic acids is 3. The number of carboxylic acids is 1. The van der Waals surface area contributed by atoms with Gasteiger partial charge in [0.15, 0.2) is 12.4 Å². The number of rotatable bonds is 18. The predicted octanol–water partition coefficient (Wildman–Crippen LogP) is 6.72. The number of halogens is 6. The third-order valence-electron chi connectivity index (χ3n) is 6.10. The van der Waals surface area contributed by atoms with E-state index in [9.17, 15) is 45.5 Å². The quantitative estimate of drug-likeness (QED) is 0.113. The summed E-state index contributed by atoms with van der Waals surface area (Å²) in [6, 6.07) is -0.431. The lowest BCUT2D eigenvalue weighted by atomic mass is 10.00. The van der Waals surface area contributed by atoms with Crippen molar-refractivity contribution >= 4 is 23.6 Å². The Morgan fingerprint density at radius 2 is 1.32 bits per heavy atom. The number of hydrogen-bond acceptors (Lipinski definition) is 5. The van der Waals surface area contributed by atoms with E-state index in [0.29, 0.717) is 12.5 Å². The van der Waals surface area contributed by atoms with Crippen LogP contribution in [0.15, 0.2) is 18.2 Å². The topological polar surface area (TPSA) is 110 Å². The van der Waals surface area contributed by atoms with E-state index >= 15 is 0 Å². The van der Waals surface area contributed by atoms with Crippen LogP contribution in [0.2, 0.25) is 0 Å². The molecule has 0 saturated heterocycles. The number of alkyl halides is 6. The number of carbonyl (C=O) groups is 4. The fourth-order valence-corrected chi connectivity index (χ4v) is 4.00. The van der Waals surface area contributed by atoms with E-state index in [1.165, 1.54) is 12.8 Å². The summed E-state index contributed by atoms with van der Waals surface area (Å²) in [5.41, 5.74) is -5.58. The first-order valence-electron chi connectivity index (χ1n) is 13.2. The smallest absolute Gasteiger partial charge is 0.417 e. The van der Waals surface area contributed by atoms with Crippen molar-refractivity contribution in [3.63, 3.8) is 0 Å². The van der Waals surface area contributed by atoms with Crippen molar-refractivity contribution < 1.29 is 55.4 Å². The number of esters is 1. The lowest BCUT2D eigenvalue weighted by Gasteiger charge is -2.19. The molecule has 226 valence electrons. The molecule has 0 aliphatic heterocycles. The minimum Gasteiger partial charge on any atom is -0.481 e. The Balaban J connectivity index is 2.78. The van der Waals surface area contributed by atoms with Crippen LogP contribution in [0.4, 0.5) is 26.3 Å². The van der Waals surface area contributed by atoms with E-state index < -0.39 is 78.2 Å². The van der Waals surface area contributed by atoms with Gasteiger partial charge in [0, 0.05) is 12.8 Å². The molecule has 1 aromatic carbocycles. The maximum Gasteiger partial charge on any atom is 0.417 e. The summed E-state index contributed by atoms with van der Waals surface area (Å²) in [6.07, 6.45) is -2.66. The molecule has 1 rings (SSSR count). The first-order valence-corrected chi connectivity index (χ1v) is 13.2. The summed E-state index contributed by atoms with van der Waals surface area (Å²) < 4.78 is 84.4. The number of ether oxygens (including phenoxy) is 1. The van der Waals surface area contributed by atoms with Gasteiger partial charge in [-0.15, -0.1) is 0 Å². The number of unbranched alkanes of at least 4 members (excludes halogenated alkanes) is 8. The van der Waals surface area contributed by atoms with Crippen molar-refractivity contribution in [3.8, 4) is 0 Å². The predicted molar refractivity (Wildman–Crippen MR) is 132 cm³/mol. The molecule has 1 atom stereocenters. The number of aliphatic carboxylic acids is 1. The van der Waals surface area contributed by atoms with Crippen molar-refractivity contribution in [2.75, 3.05) is 6.61 Å². The van der Waals surface area contributed by atoms with Crippen LogP contribution in [-0.4, -0.2) is 41.4 Å². The molecule has 7 nitrogen and oxygen atoms in total. The Labute approximate surface area is 228 Å². The molecule has 0 fully saturated rings. The fraction of sp³-hybridized carbons (Fsp3) is 0.630. The second kappa shape index (κ2) is 16.9. The highest BCUT2D eigenvalue weighted by atomic mass is 19.4. The van der Waals surface area contributed by atoms with E-state index in [1.807, 2.05) is 0 Å². The minimum absolute atomic E-state index is 0.0281. The van der Waals surface area contributed by atoms with E-state index in [0.717, 1.165) is 38.5 Å². The van der Waals surface area contributed by atoms with Crippen LogP contribution in [0.1, 0.15) is 105 Å². The number of carboxylic acid groups (broad SMARTS) is 1. The number of hydrogen-bond donors (Lipinski definition) is 2. The second-order valence-corrected chi connectivity index (χ2v) is 9.40. The number of Topliss-reactive ketones (excluding diaryl/α,β-unsaturated/α-hetero) is 1. The summed E-state index contributed by atoms with van der Waals surface area (Å²) in [5.74, 6) is -5.00. The Morgan fingerprint density at radius 1 is 0.825 bits per heavy atom. The van der Waals surface area contributed by atoms with Crippen LogP contribution in [0.3, 0.4) is 0 Å². The van der Waals surface area contributed by atoms with Crippen LogP contribution in [0.25, 0.3) is 0 Å². The summed E-state index contributed by atoms with van der Waals surface area (Å²) in [6.45, 7) is 0.854. The van der Waals surface area contributed by atoms with E-state index in [1.54, 1.807) is 0 Å². The number of amides is 1. The van der Waals surface area contributed by atoms with Crippen LogP contribution in [0.5, 0.6) is 0 Å². The zero-order chi connectivity index (χ0) is 30.3. The molecule has 2 N–H and O–H groups in total.